The second-order valence-electron chi connectivity index (χ2n) is 20.8. The molecule has 9 rings (SSSR count). The summed E-state index contributed by atoms with van der Waals surface area (Å²) >= 11 is 6.95. The van der Waals surface area contributed by atoms with Crippen LogP contribution in [0.25, 0.3) is 27.7 Å². The van der Waals surface area contributed by atoms with Crippen molar-refractivity contribution < 1.29 is 41.8 Å². The SMILES string of the molecule is C=C(C(=O)N1CCN(c2nc(OCC3CCCN3C)nc3c(F)c(-c4c(F)cccc4OCCCCCCCN4CCC(c5cc(F)cc6c5CN(C(C=O)CCC(=O)NC)C6=O)CC4)c(Cl)cc23)CC1)n1ccc(N)nc1=O. The second-order valence-corrected chi connectivity index (χ2v) is 21.2. The van der Waals surface area contributed by atoms with E-state index in [1.807, 2.05) is 11.9 Å². The Bertz CT molecular complexity index is 3170. The summed E-state index contributed by atoms with van der Waals surface area (Å²) < 4.78 is 61.7. The molecule has 0 aliphatic carbocycles. The largest absolute Gasteiger partial charge is 0.493 e. The molecule has 3 saturated heterocycles. The number of hydrogen-bond acceptors (Lipinski definition) is 14. The molecule has 0 spiro atoms. The molecule has 2 atom stereocenters. The summed E-state index contributed by atoms with van der Waals surface area (Å²) in [6, 6.07) is 9.30. The van der Waals surface area contributed by atoms with Gasteiger partial charge in [-0.2, -0.15) is 15.0 Å². The molecule has 3 N–H and O–H groups in total. The number of ether oxygens (including phenoxy) is 2. The van der Waals surface area contributed by atoms with Crippen molar-refractivity contribution in [3.63, 3.8) is 0 Å². The third kappa shape index (κ3) is 12.7. The number of aromatic nitrogens is 4. The number of nitrogens with two attached hydrogens (primary N) is 1. The fourth-order valence-electron chi connectivity index (χ4n) is 11.3. The standard InChI is InChI=1S/C57H67ClF3N11O7/c1-35(71-23-18-47(62)64-57(71)77)54(75)70-26-24-69(25-27-70)53-42-31-44(58)49(51(61)52(42)65-56(66-53)79-34-39-11-10-19-67(39)3)50-45(60)12-9-13-46(50)78-28-8-6-4-5-7-20-68-21-16-36(17-22-68)40-29-37(59)30-41-43(40)32-72(55(41)76)38(33-73)14-15-48(74)63-2/h9,12-13,18,23,29-31,33,36,38-39H,1,4-8,10-11,14-17,19-22,24-28,32,34H2,2-3H3,(H,63,74)(H2,62,64,77). The maximum atomic E-state index is 17.3. The lowest BCUT2D eigenvalue weighted by Gasteiger charge is -2.36. The molecule has 3 amide bonds. The molecule has 3 fully saturated rings. The molecule has 18 nitrogen and oxygen atoms in total. The summed E-state index contributed by atoms with van der Waals surface area (Å²) in [5, 5.41) is 2.73. The number of piperazine rings is 1. The van der Waals surface area contributed by atoms with Gasteiger partial charge < -0.3 is 49.8 Å². The van der Waals surface area contributed by atoms with Crippen LogP contribution in [0, 0.1) is 17.5 Å². The molecular weight excluding hydrogens is 1040 g/mol. The summed E-state index contributed by atoms with van der Waals surface area (Å²) in [5.41, 5.74) is 6.24. The van der Waals surface area contributed by atoms with Crippen molar-refractivity contribution in [1.29, 1.82) is 0 Å². The molecular formula is C57H67ClF3N11O7. The number of nitrogens with one attached hydrogen (secondary N) is 1. The summed E-state index contributed by atoms with van der Waals surface area (Å²) in [5.74, 6) is -2.60. The molecule has 0 bridgehead atoms. The number of hydrogen-bond donors (Lipinski definition) is 2. The van der Waals surface area contributed by atoms with E-state index in [0.29, 0.717) is 24.1 Å². The van der Waals surface area contributed by atoms with E-state index >= 15 is 8.78 Å². The number of likely N-dealkylation sites (tertiary alicyclic amines) is 2. The lowest BCUT2D eigenvalue weighted by atomic mass is 9.85. The molecule has 2 aromatic heterocycles. The summed E-state index contributed by atoms with van der Waals surface area (Å²) in [6.07, 6.45) is 10.3. The van der Waals surface area contributed by atoms with Crippen LogP contribution in [0.15, 0.2) is 60.0 Å². The van der Waals surface area contributed by atoms with E-state index in [0.717, 1.165) is 93.2 Å². The predicted molar refractivity (Wildman–Crippen MR) is 295 cm³/mol. The van der Waals surface area contributed by atoms with Crippen LogP contribution in [-0.4, -0.2) is 155 Å². The van der Waals surface area contributed by atoms with Gasteiger partial charge in [0.2, 0.25) is 5.91 Å². The predicted octanol–water partition coefficient (Wildman–Crippen LogP) is 7.06. The molecule has 3 aromatic carbocycles. The third-order valence-electron chi connectivity index (χ3n) is 15.8. The number of halogens is 4. The van der Waals surface area contributed by atoms with Crippen molar-refractivity contribution in [2.24, 2.45) is 0 Å². The van der Waals surface area contributed by atoms with E-state index in [1.165, 1.54) is 54.5 Å². The van der Waals surface area contributed by atoms with E-state index in [4.69, 9.17) is 31.8 Å². The van der Waals surface area contributed by atoms with Crippen LogP contribution in [-0.2, 0) is 20.9 Å². The Labute approximate surface area is 461 Å². The van der Waals surface area contributed by atoms with Crippen LogP contribution in [0.2, 0.25) is 5.02 Å². The Morgan fingerprint density at radius 1 is 0.924 bits per heavy atom. The van der Waals surface area contributed by atoms with Gasteiger partial charge in [0.25, 0.3) is 11.8 Å². The highest BCUT2D eigenvalue weighted by molar-refractivity contribution is 6.34. The van der Waals surface area contributed by atoms with Crippen LogP contribution >= 0.6 is 11.6 Å². The summed E-state index contributed by atoms with van der Waals surface area (Å²) in [6.45, 7) is 9.00. The average molecular weight is 1110 g/mol. The molecule has 4 aliphatic rings. The van der Waals surface area contributed by atoms with Gasteiger partial charge >= 0.3 is 11.7 Å². The third-order valence-corrected chi connectivity index (χ3v) is 16.1. The average Bonchev–Trinajstić information content (AvgIpc) is 4.03. The number of aldehydes is 1. The number of nitrogens with zero attached hydrogens (tertiary/aromatic N) is 9. The van der Waals surface area contributed by atoms with E-state index in [-0.39, 0.29) is 133 Å². The van der Waals surface area contributed by atoms with Gasteiger partial charge in [-0.25, -0.2) is 18.0 Å². The molecule has 22 heteroatoms. The lowest BCUT2D eigenvalue weighted by molar-refractivity contribution is -0.125. The van der Waals surface area contributed by atoms with Crippen molar-refractivity contribution in [2.75, 3.05) is 90.3 Å². The number of rotatable bonds is 22. The highest BCUT2D eigenvalue weighted by Gasteiger charge is 2.37. The van der Waals surface area contributed by atoms with Crippen LogP contribution in [0.1, 0.15) is 98.0 Å². The number of amides is 3. The van der Waals surface area contributed by atoms with Crippen molar-refractivity contribution >= 4 is 63.8 Å². The monoisotopic (exact) mass is 1110 g/mol. The lowest BCUT2D eigenvalue weighted by Crippen LogP contribution is -2.50. The molecule has 6 heterocycles. The molecule has 0 radical (unpaired) electrons. The van der Waals surface area contributed by atoms with E-state index in [1.54, 1.807) is 11.0 Å². The maximum Gasteiger partial charge on any atom is 0.354 e. The van der Waals surface area contributed by atoms with Gasteiger partial charge in [0.1, 0.15) is 53.1 Å². The molecule has 420 valence electrons. The molecule has 0 saturated carbocycles. The summed E-state index contributed by atoms with van der Waals surface area (Å²) in [4.78, 5) is 85.8. The summed E-state index contributed by atoms with van der Waals surface area (Å²) in [7, 11) is 3.53. The van der Waals surface area contributed by atoms with Crippen LogP contribution < -0.4 is 31.1 Å². The van der Waals surface area contributed by atoms with Crippen molar-refractivity contribution in [3.8, 4) is 22.9 Å². The number of piperidine rings is 1. The Morgan fingerprint density at radius 2 is 1.68 bits per heavy atom. The van der Waals surface area contributed by atoms with Gasteiger partial charge in [-0.3, -0.25) is 19.0 Å². The quantitative estimate of drug-likeness (QED) is 0.0405. The topological polar surface area (TPSA) is 202 Å². The zero-order valence-corrected chi connectivity index (χ0v) is 45.4. The van der Waals surface area contributed by atoms with E-state index in [2.05, 4.69) is 31.7 Å². The minimum absolute atomic E-state index is 0.0194. The van der Waals surface area contributed by atoms with E-state index in [9.17, 15) is 28.4 Å². The van der Waals surface area contributed by atoms with Gasteiger partial charge in [-0.05, 0) is 132 Å². The minimum atomic E-state index is -0.873. The highest BCUT2D eigenvalue weighted by atomic mass is 35.5. The molecule has 79 heavy (non-hydrogen) atoms. The Kier molecular flexibility index (Phi) is 18.2. The number of benzene rings is 3. The number of carbonyl (C=O) groups is 4. The molecule has 2 unspecified atom stereocenters. The van der Waals surface area contributed by atoms with Gasteiger partial charge in [0, 0.05) is 74.9 Å². The smallest absolute Gasteiger partial charge is 0.354 e. The van der Waals surface area contributed by atoms with Crippen LogP contribution in [0.4, 0.5) is 24.8 Å². The number of nitrogen functional groups attached to an aromatic ring is 1. The van der Waals surface area contributed by atoms with Crippen molar-refractivity contribution in [2.45, 2.75) is 95.2 Å². The number of carbonyl (C=O) groups excluding carboxylic acids is 4. The Morgan fingerprint density at radius 3 is 2.41 bits per heavy atom. The minimum Gasteiger partial charge on any atom is -0.493 e. The first kappa shape index (κ1) is 56.6. The zero-order chi connectivity index (χ0) is 55.9. The Balaban J connectivity index is 0.798. The second kappa shape index (κ2) is 25.3. The van der Waals surface area contributed by atoms with Gasteiger partial charge in [0.05, 0.1) is 23.2 Å². The van der Waals surface area contributed by atoms with Crippen molar-refractivity contribution in [3.05, 3.63) is 105 Å². The number of unbranched alkanes of at least 4 members (excludes halogenated alkanes) is 4. The molecule has 5 aromatic rings. The maximum absolute atomic E-state index is 17.3. The normalized spacial score (nSPS) is 17.6. The molecule has 4 aliphatic heterocycles. The zero-order valence-electron chi connectivity index (χ0n) is 44.7. The fourth-order valence-corrected chi connectivity index (χ4v) is 11.6. The Hall–Kier alpha value is -7.10. The van der Waals surface area contributed by atoms with E-state index < -0.39 is 35.1 Å². The first-order valence-corrected chi connectivity index (χ1v) is 27.6. The fraction of sp³-hybridized carbons (Fsp3) is 0.474. The first-order chi connectivity index (χ1) is 38.1. The van der Waals surface area contributed by atoms with Gasteiger partial charge in [-0.15, -0.1) is 0 Å². The van der Waals surface area contributed by atoms with Gasteiger partial charge in [-0.1, -0.05) is 43.5 Å². The number of anilines is 2. The highest BCUT2D eigenvalue weighted by Crippen LogP contribution is 2.44. The number of fused-ring (bicyclic) bond motifs is 2. The first-order valence-electron chi connectivity index (χ1n) is 27.2. The van der Waals surface area contributed by atoms with Crippen molar-refractivity contribution in [1.82, 2.24) is 44.4 Å². The van der Waals surface area contributed by atoms with Crippen LogP contribution in [0.5, 0.6) is 11.8 Å². The number of likely N-dealkylation sites (N-methyl/N-ethyl adjacent to an activating group) is 1. The van der Waals surface area contributed by atoms with Gasteiger partial charge in [0.15, 0.2) is 5.82 Å². The van der Waals surface area contributed by atoms with Crippen LogP contribution in [0.3, 0.4) is 0 Å².